The van der Waals surface area contributed by atoms with Crippen molar-refractivity contribution < 1.29 is 0 Å². The third kappa shape index (κ3) is 5.01. The summed E-state index contributed by atoms with van der Waals surface area (Å²) in [6, 6.07) is 36.4. The Morgan fingerprint density at radius 1 is 0.469 bits per heavy atom. The molecule has 4 heterocycles. The molecule has 0 aliphatic rings. The van der Waals surface area contributed by atoms with Crippen LogP contribution in [0.15, 0.2) is 146 Å². The maximum atomic E-state index is 13.9. The minimum atomic E-state index is -0.460. The van der Waals surface area contributed by atoms with Crippen molar-refractivity contribution >= 4 is 34.2 Å². The summed E-state index contributed by atoms with van der Waals surface area (Å²) in [5, 5.41) is 6.66. The van der Waals surface area contributed by atoms with Crippen LogP contribution in [0.5, 0.6) is 0 Å². The number of aromatic nitrogens is 6. The second-order valence-corrected chi connectivity index (χ2v) is 11.3. The molecule has 8 rings (SSSR count). The molecule has 4 aromatic heterocycles. The molecule has 0 amide bonds. The lowest BCUT2D eigenvalue weighted by Gasteiger charge is -2.07. The summed E-state index contributed by atoms with van der Waals surface area (Å²) >= 11 is 0. The van der Waals surface area contributed by atoms with E-state index in [0.717, 1.165) is 0 Å². The average molecular weight is 643 g/mol. The van der Waals surface area contributed by atoms with Crippen molar-refractivity contribution in [2.24, 2.45) is 0 Å². The van der Waals surface area contributed by atoms with Crippen LogP contribution in [0.4, 0.5) is 0 Å². The lowest BCUT2D eigenvalue weighted by atomic mass is 9.97. The number of fused-ring (bicyclic) bond motifs is 2. The number of para-hydroxylation sites is 2. The Morgan fingerprint density at radius 3 is 1.18 bits per heavy atom. The zero-order chi connectivity index (χ0) is 33.5. The predicted octanol–water partition coefficient (Wildman–Crippen LogP) is 5.99. The highest BCUT2D eigenvalue weighted by Crippen LogP contribution is 2.30. The molecule has 0 unspecified atom stereocenters. The van der Waals surface area contributed by atoms with Gasteiger partial charge in [-0.1, -0.05) is 97.1 Å². The van der Waals surface area contributed by atoms with E-state index in [9.17, 15) is 19.2 Å². The van der Waals surface area contributed by atoms with E-state index in [1.807, 2.05) is 97.1 Å². The normalized spacial score (nSPS) is 11.1. The summed E-state index contributed by atoms with van der Waals surface area (Å²) in [6.07, 6.45) is 2.91. The summed E-state index contributed by atoms with van der Waals surface area (Å²) in [5.41, 5.74) is 5.70. The molecular formula is C39H26N6O4. The highest BCUT2D eigenvalue weighted by molar-refractivity contribution is 5.98. The van der Waals surface area contributed by atoms with Crippen molar-refractivity contribution in [3.05, 3.63) is 180 Å². The molecule has 4 aromatic carbocycles. The van der Waals surface area contributed by atoms with Gasteiger partial charge < -0.3 is 9.97 Å². The van der Waals surface area contributed by atoms with E-state index in [1.165, 1.54) is 21.5 Å². The van der Waals surface area contributed by atoms with E-state index >= 15 is 0 Å². The molecule has 0 aliphatic carbocycles. The number of nitrogens with one attached hydrogen (secondary N) is 4. The van der Waals surface area contributed by atoms with Crippen LogP contribution in [0.2, 0.25) is 0 Å². The number of rotatable bonds is 6. The smallest absolute Gasteiger partial charge is 0.281 e. The fourth-order valence-corrected chi connectivity index (χ4v) is 6.19. The average Bonchev–Trinajstić information content (AvgIpc) is 3.64. The first-order chi connectivity index (χ1) is 24.0. The van der Waals surface area contributed by atoms with Crippen molar-refractivity contribution in [1.29, 1.82) is 0 Å². The summed E-state index contributed by atoms with van der Waals surface area (Å²) in [4.78, 5) is 60.7. The predicted molar refractivity (Wildman–Crippen MR) is 192 cm³/mol. The van der Waals surface area contributed by atoms with Crippen molar-refractivity contribution in [2.75, 3.05) is 0 Å². The highest BCUT2D eigenvalue weighted by atomic mass is 16.1. The molecule has 0 radical (unpaired) electrons. The molecule has 4 N–H and O–H groups in total. The Kier molecular flexibility index (Phi) is 7.10. The third-order valence-corrected chi connectivity index (χ3v) is 8.40. The van der Waals surface area contributed by atoms with E-state index in [0.29, 0.717) is 44.4 Å². The van der Waals surface area contributed by atoms with Gasteiger partial charge in [0.15, 0.2) is 0 Å². The molecule has 0 fully saturated rings. The maximum Gasteiger partial charge on any atom is 0.281 e. The van der Waals surface area contributed by atoms with Gasteiger partial charge in [-0.15, -0.1) is 5.73 Å². The Hall–Kier alpha value is -7.16. The monoisotopic (exact) mass is 642 g/mol. The summed E-state index contributed by atoms with van der Waals surface area (Å²) in [7, 11) is 0. The molecule has 0 spiro atoms. The first kappa shape index (κ1) is 29.3. The number of benzene rings is 4. The van der Waals surface area contributed by atoms with Gasteiger partial charge in [-0.05, 0) is 47.5 Å². The standard InChI is InChI=1S/C39H26N6O4/c46-36-28(30(24-14-5-1-6-15-24)32-34(40-36)42-44(38(32)48)26-18-9-3-10-19-26)22-13-23-29-31(25-16-7-2-8-17-25)33-35(41-37(29)47)43-45(39(33)49)27-20-11-4-12-21-27/h1-12,14-23H,(H2,40,42,46)(H2,41,43,47). The van der Waals surface area contributed by atoms with E-state index in [1.54, 1.807) is 24.3 Å². The van der Waals surface area contributed by atoms with Crippen LogP contribution in [0.25, 0.3) is 67.8 Å². The number of nitrogens with zero attached hydrogens (tertiary/aromatic N) is 2. The molecule has 10 heteroatoms. The van der Waals surface area contributed by atoms with Gasteiger partial charge in [-0.3, -0.25) is 29.4 Å². The Bertz CT molecular complexity index is 2620. The lowest BCUT2D eigenvalue weighted by molar-refractivity contribution is 0.858. The largest absolute Gasteiger partial charge is 0.306 e. The minimum Gasteiger partial charge on any atom is -0.306 e. The van der Waals surface area contributed by atoms with Gasteiger partial charge >= 0.3 is 0 Å². The summed E-state index contributed by atoms with van der Waals surface area (Å²) in [6.45, 7) is 0. The first-order valence-corrected chi connectivity index (χ1v) is 15.5. The number of H-pyrrole nitrogens is 4. The van der Waals surface area contributed by atoms with Gasteiger partial charge in [0.05, 0.1) is 33.3 Å². The van der Waals surface area contributed by atoms with Crippen LogP contribution >= 0.6 is 0 Å². The Morgan fingerprint density at radius 2 is 0.816 bits per heavy atom. The molecule has 0 saturated heterocycles. The fraction of sp³-hybridized carbons (Fsp3) is 0. The maximum absolute atomic E-state index is 13.9. The summed E-state index contributed by atoms with van der Waals surface area (Å²) in [5.74, 6) is 0. The lowest BCUT2D eigenvalue weighted by Crippen LogP contribution is -2.16. The van der Waals surface area contributed by atoms with E-state index in [-0.39, 0.29) is 33.5 Å². The molecule has 0 aliphatic heterocycles. The molecular weight excluding hydrogens is 616 g/mol. The number of hydrogen-bond donors (Lipinski definition) is 4. The van der Waals surface area contributed by atoms with Crippen molar-refractivity contribution in [1.82, 2.24) is 29.5 Å². The van der Waals surface area contributed by atoms with Crippen LogP contribution in [-0.4, -0.2) is 29.5 Å². The highest BCUT2D eigenvalue weighted by Gasteiger charge is 2.21. The molecule has 0 saturated carbocycles. The van der Waals surface area contributed by atoms with Crippen LogP contribution in [0.3, 0.4) is 0 Å². The third-order valence-electron chi connectivity index (χ3n) is 8.40. The second-order valence-electron chi connectivity index (χ2n) is 11.3. The van der Waals surface area contributed by atoms with Crippen molar-refractivity contribution in [3.8, 4) is 33.6 Å². The topological polar surface area (TPSA) is 141 Å². The zero-order valence-corrected chi connectivity index (χ0v) is 25.7. The van der Waals surface area contributed by atoms with Gasteiger partial charge in [0.1, 0.15) is 11.3 Å². The Balaban J connectivity index is 1.37. The summed E-state index contributed by atoms with van der Waals surface area (Å²) < 4.78 is 2.77. The second kappa shape index (κ2) is 11.9. The quantitative estimate of drug-likeness (QED) is 0.166. The van der Waals surface area contributed by atoms with E-state index < -0.39 is 11.1 Å². The number of aromatic amines is 4. The molecule has 0 atom stereocenters. The van der Waals surface area contributed by atoms with Crippen LogP contribution in [-0.2, 0) is 0 Å². The van der Waals surface area contributed by atoms with Crippen molar-refractivity contribution in [3.63, 3.8) is 0 Å². The number of pyridine rings is 2. The molecule has 8 aromatic rings. The molecule has 49 heavy (non-hydrogen) atoms. The first-order valence-electron chi connectivity index (χ1n) is 15.5. The molecule has 10 nitrogen and oxygen atoms in total. The van der Waals surface area contributed by atoms with Gasteiger partial charge in [0.2, 0.25) is 0 Å². The SMILES string of the molecule is O=c1[nH]c2[nH]n(-c3ccccc3)c(=O)c2c(-c2ccccc2)c1C=C=Cc1c(-c2ccccc2)c2c(=O)n(-c3ccccc3)[nH]c2[nH]c1=O. The van der Waals surface area contributed by atoms with Crippen LogP contribution in [0, 0.1) is 0 Å². The van der Waals surface area contributed by atoms with Crippen molar-refractivity contribution in [2.45, 2.75) is 0 Å². The van der Waals surface area contributed by atoms with Gasteiger partial charge in [0.25, 0.3) is 22.2 Å². The van der Waals surface area contributed by atoms with E-state index in [2.05, 4.69) is 25.9 Å². The molecule has 236 valence electrons. The van der Waals surface area contributed by atoms with Crippen LogP contribution < -0.4 is 22.2 Å². The van der Waals surface area contributed by atoms with Gasteiger partial charge in [0, 0.05) is 11.1 Å². The molecule has 0 bridgehead atoms. The van der Waals surface area contributed by atoms with Gasteiger partial charge in [-0.25, -0.2) is 9.36 Å². The van der Waals surface area contributed by atoms with Gasteiger partial charge in [-0.2, -0.15) is 0 Å². The zero-order valence-electron chi connectivity index (χ0n) is 25.7. The number of hydrogen-bond acceptors (Lipinski definition) is 4. The minimum absolute atomic E-state index is 0.179. The Labute approximate surface area is 276 Å². The van der Waals surface area contributed by atoms with E-state index in [4.69, 9.17) is 0 Å². The van der Waals surface area contributed by atoms with Crippen LogP contribution in [0.1, 0.15) is 11.1 Å². The fourth-order valence-electron chi connectivity index (χ4n) is 6.19.